The zero-order valence-electron chi connectivity index (χ0n) is 14.3. The second-order valence-electron chi connectivity index (χ2n) is 6.71. The van der Waals surface area contributed by atoms with E-state index in [2.05, 4.69) is 10.3 Å². The van der Waals surface area contributed by atoms with Gasteiger partial charge in [0.2, 0.25) is 5.91 Å². The van der Waals surface area contributed by atoms with E-state index in [-0.39, 0.29) is 18.4 Å². The average Bonchev–Trinajstić information content (AvgIpc) is 3.29. The highest BCUT2D eigenvalue weighted by molar-refractivity contribution is 7.15. The SMILES string of the molecule is CC(N)CC(=O)Nc1nc(C2CC2)c(Cc2cccc(C(F)(F)F)c2)s1. The van der Waals surface area contributed by atoms with Crippen LogP contribution in [-0.2, 0) is 17.4 Å². The van der Waals surface area contributed by atoms with E-state index in [0.29, 0.717) is 23.0 Å². The first-order valence-corrected chi connectivity index (χ1v) is 9.25. The molecule has 1 aromatic heterocycles. The van der Waals surface area contributed by atoms with Crippen LogP contribution in [0.4, 0.5) is 18.3 Å². The number of rotatable bonds is 6. The van der Waals surface area contributed by atoms with Gasteiger partial charge < -0.3 is 11.1 Å². The van der Waals surface area contributed by atoms with Crippen molar-refractivity contribution in [2.75, 3.05) is 5.32 Å². The maximum Gasteiger partial charge on any atom is 0.416 e. The molecule has 1 fully saturated rings. The second kappa shape index (κ2) is 7.36. The van der Waals surface area contributed by atoms with Gasteiger partial charge in [-0.3, -0.25) is 4.79 Å². The van der Waals surface area contributed by atoms with Crippen molar-refractivity contribution in [2.45, 2.75) is 50.7 Å². The van der Waals surface area contributed by atoms with Gasteiger partial charge in [0, 0.05) is 29.7 Å². The first-order chi connectivity index (χ1) is 12.2. The van der Waals surface area contributed by atoms with E-state index < -0.39 is 11.7 Å². The van der Waals surface area contributed by atoms with Crippen molar-refractivity contribution in [2.24, 2.45) is 5.73 Å². The molecule has 0 bridgehead atoms. The number of anilines is 1. The number of carbonyl (C=O) groups excluding carboxylic acids is 1. The molecular formula is C18H20F3N3OS. The molecule has 140 valence electrons. The first kappa shape index (κ1) is 18.8. The minimum Gasteiger partial charge on any atom is -0.327 e. The summed E-state index contributed by atoms with van der Waals surface area (Å²) < 4.78 is 38.7. The van der Waals surface area contributed by atoms with Crippen LogP contribution in [-0.4, -0.2) is 16.9 Å². The fourth-order valence-corrected chi connectivity index (χ4v) is 3.82. The third-order valence-electron chi connectivity index (χ3n) is 4.06. The van der Waals surface area contributed by atoms with Crippen LogP contribution in [0.1, 0.15) is 53.8 Å². The van der Waals surface area contributed by atoms with Gasteiger partial charge in [-0.2, -0.15) is 13.2 Å². The van der Waals surface area contributed by atoms with Gasteiger partial charge in [-0.15, -0.1) is 11.3 Å². The van der Waals surface area contributed by atoms with Crippen molar-refractivity contribution < 1.29 is 18.0 Å². The van der Waals surface area contributed by atoms with E-state index in [1.54, 1.807) is 13.0 Å². The summed E-state index contributed by atoms with van der Waals surface area (Å²) in [5, 5.41) is 3.23. The highest BCUT2D eigenvalue weighted by Gasteiger charge is 2.32. The summed E-state index contributed by atoms with van der Waals surface area (Å²) in [4.78, 5) is 17.3. The monoisotopic (exact) mass is 383 g/mol. The Morgan fingerprint density at radius 2 is 2.15 bits per heavy atom. The molecule has 1 unspecified atom stereocenters. The fourth-order valence-electron chi connectivity index (χ4n) is 2.73. The maximum atomic E-state index is 12.9. The zero-order chi connectivity index (χ0) is 18.9. The summed E-state index contributed by atoms with van der Waals surface area (Å²) in [5.41, 5.74) is 6.44. The Hall–Kier alpha value is -1.93. The van der Waals surface area contributed by atoms with Crippen LogP contribution in [0.15, 0.2) is 24.3 Å². The van der Waals surface area contributed by atoms with E-state index in [0.717, 1.165) is 29.5 Å². The van der Waals surface area contributed by atoms with E-state index in [1.807, 2.05) is 0 Å². The molecule has 0 saturated heterocycles. The number of hydrogen-bond donors (Lipinski definition) is 2. The molecule has 1 amide bonds. The highest BCUT2D eigenvalue weighted by atomic mass is 32.1. The van der Waals surface area contributed by atoms with Gasteiger partial charge in [-0.05, 0) is 31.4 Å². The Kier molecular flexibility index (Phi) is 5.34. The van der Waals surface area contributed by atoms with Crippen molar-refractivity contribution in [1.29, 1.82) is 0 Å². The number of nitrogens with two attached hydrogens (primary N) is 1. The number of carbonyl (C=O) groups is 1. The van der Waals surface area contributed by atoms with Crippen LogP contribution in [0.5, 0.6) is 0 Å². The Morgan fingerprint density at radius 3 is 2.77 bits per heavy atom. The van der Waals surface area contributed by atoms with Crippen molar-refractivity contribution in [3.63, 3.8) is 0 Å². The van der Waals surface area contributed by atoms with Gasteiger partial charge in [0.1, 0.15) is 0 Å². The topological polar surface area (TPSA) is 68.0 Å². The number of thiazole rings is 1. The minimum atomic E-state index is -4.36. The maximum absolute atomic E-state index is 12.9. The molecule has 0 spiro atoms. The fraction of sp³-hybridized carbons (Fsp3) is 0.444. The Labute approximate surface area is 153 Å². The lowest BCUT2D eigenvalue weighted by Gasteiger charge is -2.08. The Bertz CT molecular complexity index is 797. The van der Waals surface area contributed by atoms with Crippen molar-refractivity contribution in [3.05, 3.63) is 46.0 Å². The predicted octanol–water partition coefficient (Wildman–Crippen LogP) is 4.31. The Balaban J connectivity index is 1.80. The second-order valence-corrected chi connectivity index (χ2v) is 7.79. The molecule has 8 heteroatoms. The highest BCUT2D eigenvalue weighted by Crippen LogP contribution is 2.44. The standard InChI is InChI=1S/C18H20F3N3OS/c1-10(22)7-15(25)23-17-24-16(12-5-6-12)14(26-17)9-11-3-2-4-13(8-11)18(19,20)21/h2-4,8,10,12H,5-7,9,22H2,1H3,(H,23,24,25). The van der Waals surface area contributed by atoms with E-state index >= 15 is 0 Å². The van der Waals surface area contributed by atoms with Crippen molar-refractivity contribution in [1.82, 2.24) is 4.98 Å². The number of alkyl halides is 3. The summed E-state index contributed by atoms with van der Waals surface area (Å²) >= 11 is 1.33. The molecule has 1 saturated carbocycles. The summed E-state index contributed by atoms with van der Waals surface area (Å²) in [6.45, 7) is 1.75. The molecule has 2 aromatic rings. The van der Waals surface area contributed by atoms with Crippen LogP contribution in [0.3, 0.4) is 0 Å². The lowest BCUT2D eigenvalue weighted by atomic mass is 10.1. The first-order valence-electron chi connectivity index (χ1n) is 8.43. The molecule has 1 atom stereocenters. The number of halogens is 3. The van der Waals surface area contributed by atoms with Gasteiger partial charge in [0.15, 0.2) is 5.13 Å². The molecular weight excluding hydrogens is 363 g/mol. The van der Waals surface area contributed by atoms with Crippen LogP contribution >= 0.6 is 11.3 Å². The number of hydrogen-bond acceptors (Lipinski definition) is 4. The van der Waals surface area contributed by atoms with Gasteiger partial charge in [0.25, 0.3) is 0 Å². The van der Waals surface area contributed by atoms with E-state index in [1.165, 1.54) is 23.5 Å². The lowest BCUT2D eigenvalue weighted by Crippen LogP contribution is -2.23. The molecule has 1 aliphatic rings. The third kappa shape index (κ3) is 4.82. The minimum absolute atomic E-state index is 0.196. The van der Waals surface area contributed by atoms with Gasteiger partial charge >= 0.3 is 6.18 Å². The zero-order valence-corrected chi connectivity index (χ0v) is 15.1. The number of amides is 1. The molecule has 26 heavy (non-hydrogen) atoms. The molecule has 1 aromatic carbocycles. The summed E-state index contributed by atoms with van der Waals surface area (Å²) in [5.74, 6) is 0.132. The van der Waals surface area contributed by atoms with E-state index in [9.17, 15) is 18.0 Å². The smallest absolute Gasteiger partial charge is 0.327 e. The number of nitrogens with one attached hydrogen (secondary N) is 1. The normalized spacial score (nSPS) is 15.7. The predicted molar refractivity (Wildman–Crippen MR) is 95.2 cm³/mol. The largest absolute Gasteiger partial charge is 0.416 e. The van der Waals surface area contributed by atoms with Crippen molar-refractivity contribution in [3.8, 4) is 0 Å². The molecule has 3 N–H and O–H groups in total. The van der Waals surface area contributed by atoms with Crippen LogP contribution in [0.2, 0.25) is 0 Å². The average molecular weight is 383 g/mol. The van der Waals surface area contributed by atoms with Gasteiger partial charge in [-0.25, -0.2) is 4.98 Å². The van der Waals surface area contributed by atoms with E-state index in [4.69, 9.17) is 5.73 Å². The molecule has 1 heterocycles. The molecule has 1 aliphatic carbocycles. The molecule has 4 nitrogen and oxygen atoms in total. The summed E-state index contributed by atoms with van der Waals surface area (Å²) in [6.07, 6.45) is -1.75. The molecule has 0 aliphatic heterocycles. The van der Waals surface area contributed by atoms with Crippen LogP contribution < -0.4 is 11.1 Å². The molecule has 0 radical (unpaired) electrons. The molecule has 3 rings (SSSR count). The van der Waals surface area contributed by atoms with Crippen LogP contribution in [0.25, 0.3) is 0 Å². The van der Waals surface area contributed by atoms with Crippen LogP contribution in [0, 0.1) is 0 Å². The third-order valence-corrected chi connectivity index (χ3v) is 5.05. The lowest BCUT2D eigenvalue weighted by molar-refractivity contribution is -0.137. The number of benzene rings is 1. The summed E-state index contributed by atoms with van der Waals surface area (Å²) in [7, 11) is 0. The van der Waals surface area contributed by atoms with Crippen molar-refractivity contribution >= 4 is 22.4 Å². The van der Waals surface area contributed by atoms with Gasteiger partial charge in [0.05, 0.1) is 11.3 Å². The number of aromatic nitrogens is 1. The quantitative estimate of drug-likeness (QED) is 0.781. The van der Waals surface area contributed by atoms with Gasteiger partial charge in [-0.1, -0.05) is 18.2 Å². The Morgan fingerprint density at radius 1 is 1.42 bits per heavy atom. The number of nitrogens with zero attached hydrogens (tertiary/aromatic N) is 1. The summed E-state index contributed by atoms with van der Waals surface area (Å²) in [6, 6.07) is 5.09.